The molecule has 0 amide bonds. The summed E-state index contributed by atoms with van der Waals surface area (Å²) in [7, 11) is -2.70. The van der Waals surface area contributed by atoms with E-state index in [-0.39, 0.29) is 28.0 Å². The first-order chi connectivity index (χ1) is 17.8. The maximum absolute atomic E-state index is 13.4. The molecule has 0 saturated heterocycles. The summed E-state index contributed by atoms with van der Waals surface area (Å²) in [5.74, 6) is -0.463. The normalized spacial score (nSPS) is 11.4. The van der Waals surface area contributed by atoms with Crippen molar-refractivity contribution in [3.63, 3.8) is 0 Å². The van der Waals surface area contributed by atoms with Crippen LogP contribution < -0.4 is 20.8 Å². The van der Waals surface area contributed by atoms with Crippen molar-refractivity contribution in [2.24, 2.45) is 0 Å². The molecule has 0 radical (unpaired) electrons. The summed E-state index contributed by atoms with van der Waals surface area (Å²) in [4.78, 5) is 21.8. The van der Waals surface area contributed by atoms with E-state index in [0.29, 0.717) is 27.7 Å². The van der Waals surface area contributed by atoms with Gasteiger partial charge in [-0.2, -0.15) is 0 Å². The Labute approximate surface area is 211 Å². The third-order valence-corrected chi connectivity index (χ3v) is 7.04. The summed E-state index contributed by atoms with van der Waals surface area (Å²) in [6.07, 6.45) is 1.50. The smallest absolute Gasteiger partial charge is 0.267 e. The van der Waals surface area contributed by atoms with Crippen LogP contribution in [0.3, 0.4) is 0 Å². The van der Waals surface area contributed by atoms with Gasteiger partial charge in [0.05, 0.1) is 28.6 Å². The van der Waals surface area contributed by atoms with Gasteiger partial charge in [-0.05, 0) is 60.2 Å². The van der Waals surface area contributed by atoms with Gasteiger partial charge < -0.3 is 10.5 Å². The molecule has 0 unspecified atom stereocenters. The van der Waals surface area contributed by atoms with Crippen molar-refractivity contribution >= 4 is 32.6 Å². The predicted octanol–water partition coefficient (Wildman–Crippen LogP) is 3.98. The van der Waals surface area contributed by atoms with Crippen molar-refractivity contribution in [3.05, 3.63) is 101 Å². The van der Waals surface area contributed by atoms with Crippen molar-refractivity contribution in [3.8, 4) is 22.7 Å². The number of rotatable bonds is 6. The Kier molecular flexibility index (Phi) is 6.06. The Morgan fingerprint density at radius 3 is 2.41 bits per heavy atom. The van der Waals surface area contributed by atoms with E-state index in [0.717, 1.165) is 24.3 Å². The van der Waals surface area contributed by atoms with Gasteiger partial charge in [-0.1, -0.05) is 24.3 Å². The number of sulfonamides is 1. The molecule has 0 fully saturated rings. The number of hydrogen-bond donors (Lipinski definition) is 2. The number of nitrogens with zero attached hydrogens (tertiary/aromatic N) is 3. The number of anilines is 2. The maximum atomic E-state index is 13.4. The lowest BCUT2D eigenvalue weighted by Crippen LogP contribution is -2.23. The summed E-state index contributed by atoms with van der Waals surface area (Å²) < 4.78 is 48.0. The quantitative estimate of drug-likeness (QED) is 0.349. The second-order valence-electron chi connectivity index (χ2n) is 8.02. The van der Waals surface area contributed by atoms with Gasteiger partial charge in [0.1, 0.15) is 11.5 Å². The highest BCUT2D eigenvalue weighted by atomic mass is 32.2. The van der Waals surface area contributed by atoms with Gasteiger partial charge in [-0.15, -0.1) is 0 Å². The number of ether oxygens (including phenoxy) is 1. The molecule has 3 aromatic carbocycles. The summed E-state index contributed by atoms with van der Waals surface area (Å²) in [5, 5.41) is 0.319. The number of fused-ring (bicyclic) bond motifs is 1. The Balaban J connectivity index is 1.59. The first-order valence-corrected chi connectivity index (χ1v) is 12.5. The zero-order valence-electron chi connectivity index (χ0n) is 19.4. The molecule has 0 aliphatic rings. The average Bonchev–Trinajstić information content (AvgIpc) is 2.89. The predicted molar refractivity (Wildman–Crippen MR) is 139 cm³/mol. The Morgan fingerprint density at radius 1 is 0.973 bits per heavy atom. The highest BCUT2D eigenvalue weighted by molar-refractivity contribution is 7.92. The fraction of sp³-hybridized carbons (Fsp3) is 0.0385. The number of aromatic nitrogens is 3. The minimum Gasteiger partial charge on any atom is -0.480 e. The summed E-state index contributed by atoms with van der Waals surface area (Å²) in [6.45, 7) is 0. The molecule has 0 saturated carbocycles. The standard InChI is InChI=1S/C26H20FN5O4S/c1-36-24-23(31-37(34,35)20-10-8-18(27)9-11-20)14-17(15-29-24)16-7-12-22-21(13-16)25(33)32(26(28)30-22)19-5-3-2-4-6-19/h2-15,31H,1H3,(H2,28,30). The molecule has 186 valence electrons. The molecule has 37 heavy (non-hydrogen) atoms. The van der Waals surface area contributed by atoms with Gasteiger partial charge in [-0.25, -0.2) is 27.3 Å². The second-order valence-corrected chi connectivity index (χ2v) is 9.70. The number of pyridine rings is 1. The van der Waals surface area contributed by atoms with E-state index in [4.69, 9.17) is 10.5 Å². The molecule has 0 aliphatic heterocycles. The Morgan fingerprint density at radius 2 is 1.70 bits per heavy atom. The van der Waals surface area contributed by atoms with Crippen molar-refractivity contribution in [2.75, 3.05) is 17.6 Å². The van der Waals surface area contributed by atoms with E-state index < -0.39 is 15.8 Å². The van der Waals surface area contributed by atoms with Gasteiger partial charge in [0.2, 0.25) is 11.8 Å². The number of hydrogen-bond acceptors (Lipinski definition) is 7. The van der Waals surface area contributed by atoms with Crippen molar-refractivity contribution < 1.29 is 17.5 Å². The molecule has 0 aliphatic carbocycles. The van der Waals surface area contributed by atoms with Crippen LogP contribution in [-0.2, 0) is 10.0 Å². The van der Waals surface area contributed by atoms with Crippen molar-refractivity contribution in [1.29, 1.82) is 0 Å². The Hall–Kier alpha value is -4.77. The fourth-order valence-corrected chi connectivity index (χ4v) is 4.92. The molecular weight excluding hydrogens is 497 g/mol. The molecule has 0 bridgehead atoms. The molecule has 5 aromatic rings. The largest absolute Gasteiger partial charge is 0.480 e. The fourth-order valence-electron chi connectivity index (χ4n) is 3.87. The van der Waals surface area contributed by atoms with E-state index in [1.54, 1.807) is 42.5 Å². The molecule has 9 nitrogen and oxygen atoms in total. The number of benzene rings is 3. The van der Waals surface area contributed by atoms with Crippen LogP contribution in [-0.4, -0.2) is 30.1 Å². The van der Waals surface area contributed by atoms with Crippen LogP contribution in [0.15, 0.2) is 94.7 Å². The summed E-state index contributed by atoms with van der Waals surface area (Å²) in [5.41, 5.74) is 7.89. The van der Waals surface area contributed by atoms with E-state index >= 15 is 0 Å². The SMILES string of the molecule is COc1ncc(-c2ccc3nc(N)n(-c4ccccc4)c(=O)c3c2)cc1NS(=O)(=O)c1ccc(F)cc1. The highest BCUT2D eigenvalue weighted by Gasteiger charge is 2.19. The number of nitrogens with two attached hydrogens (primary N) is 1. The first-order valence-electron chi connectivity index (χ1n) is 11.0. The molecule has 2 heterocycles. The molecule has 5 rings (SSSR count). The van der Waals surface area contributed by atoms with E-state index in [9.17, 15) is 17.6 Å². The van der Waals surface area contributed by atoms with Crippen LogP contribution in [0, 0.1) is 5.82 Å². The number of nitrogens with one attached hydrogen (secondary N) is 1. The lowest BCUT2D eigenvalue weighted by Gasteiger charge is -2.14. The minimum atomic E-state index is -4.06. The van der Waals surface area contributed by atoms with Crippen LogP contribution >= 0.6 is 0 Å². The minimum absolute atomic E-state index is 0.0381. The lowest BCUT2D eigenvalue weighted by atomic mass is 10.0. The van der Waals surface area contributed by atoms with Crippen LogP contribution in [0.2, 0.25) is 0 Å². The van der Waals surface area contributed by atoms with Gasteiger partial charge in [0, 0.05) is 11.8 Å². The zero-order chi connectivity index (χ0) is 26.2. The van der Waals surface area contributed by atoms with E-state index in [1.807, 2.05) is 6.07 Å². The third kappa shape index (κ3) is 4.59. The Bertz CT molecular complexity index is 1790. The maximum Gasteiger partial charge on any atom is 0.267 e. The van der Waals surface area contributed by atoms with E-state index in [2.05, 4.69) is 14.7 Å². The molecule has 0 spiro atoms. The van der Waals surface area contributed by atoms with Gasteiger partial charge in [-0.3, -0.25) is 9.52 Å². The first kappa shape index (κ1) is 23.9. The monoisotopic (exact) mass is 517 g/mol. The number of halogens is 1. The molecule has 11 heteroatoms. The van der Waals surface area contributed by atoms with Crippen molar-refractivity contribution in [1.82, 2.24) is 14.5 Å². The average molecular weight is 518 g/mol. The molecule has 3 N–H and O–H groups in total. The third-order valence-electron chi connectivity index (χ3n) is 5.65. The van der Waals surface area contributed by atoms with Gasteiger partial charge >= 0.3 is 0 Å². The van der Waals surface area contributed by atoms with Crippen LogP contribution in [0.5, 0.6) is 5.88 Å². The molecular formula is C26H20FN5O4S. The zero-order valence-corrected chi connectivity index (χ0v) is 20.2. The number of para-hydroxylation sites is 1. The summed E-state index contributed by atoms with van der Waals surface area (Å²) >= 11 is 0. The topological polar surface area (TPSA) is 129 Å². The lowest BCUT2D eigenvalue weighted by molar-refractivity contribution is 0.400. The highest BCUT2D eigenvalue weighted by Crippen LogP contribution is 2.31. The van der Waals surface area contributed by atoms with Crippen molar-refractivity contribution in [2.45, 2.75) is 4.90 Å². The van der Waals surface area contributed by atoms with Crippen LogP contribution in [0.25, 0.3) is 27.7 Å². The van der Waals surface area contributed by atoms with Gasteiger partial charge in [0.25, 0.3) is 15.6 Å². The number of nitrogen functional groups attached to an aromatic ring is 1. The summed E-state index contributed by atoms with van der Waals surface area (Å²) in [6, 6.07) is 19.9. The van der Waals surface area contributed by atoms with Crippen LogP contribution in [0.4, 0.5) is 16.0 Å². The molecule has 2 aromatic heterocycles. The molecule has 0 atom stereocenters. The van der Waals surface area contributed by atoms with Gasteiger partial charge in [0.15, 0.2) is 0 Å². The van der Waals surface area contributed by atoms with E-state index in [1.165, 1.54) is 23.9 Å². The van der Waals surface area contributed by atoms with Crippen LogP contribution in [0.1, 0.15) is 0 Å². The number of methoxy groups -OCH3 is 1. The second kappa shape index (κ2) is 9.36.